The highest BCUT2D eigenvalue weighted by Crippen LogP contribution is 2.35. The quantitative estimate of drug-likeness (QED) is 0.556. The van der Waals surface area contributed by atoms with E-state index in [2.05, 4.69) is 10.2 Å². The SMILES string of the molecule is COC(=O)c1ccc(CNc2nc(N3CCCCC3)nc3cc(OC)c(OC)cc23)cc1. The van der Waals surface area contributed by atoms with Crippen molar-refractivity contribution in [3.63, 3.8) is 0 Å². The summed E-state index contributed by atoms with van der Waals surface area (Å²) in [6.07, 6.45) is 3.52. The minimum Gasteiger partial charge on any atom is -0.493 e. The Kier molecular flexibility index (Phi) is 6.58. The van der Waals surface area contributed by atoms with Gasteiger partial charge in [-0.25, -0.2) is 9.78 Å². The highest BCUT2D eigenvalue weighted by atomic mass is 16.5. The molecule has 0 atom stereocenters. The van der Waals surface area contributed by atoms with Gasteiger partial charge in [-0.1, -0.05) is 12.1 Å². The Bertz CT molecular complexity index is 1100. The molecule has 1 aliphatic heterocycles. The van der Waals surface area contributed by atoms with Crippen molar-refractivity contribution in [3.8, 4) is 11.5 Å². The van der Waals surface area contributed by atoms with Crippen LogP contribution >= 0.6 is 0 Å². The molecule has 4 rings (SSSR count). The largest absolute Gasteiger partial charge is 0.493 e. The molecule has 2 heterocycles. The number of rotatable bonds is 7. The molecule has 0 spiro atoms. The Hall–Kier alpha value is -3.55. The first-order valence-electron chi connectivity index (χ1n) is 10.7. The molecule has 1 N–H and O–H groups in total. The minimum atomic E-state index is -0.349. The third-order valence-corrected chi connectivity index (χ3v) is 5.66. The van der Waals surface area contributed by atoms with E-state index < -0.39 is 0 Å². The molecule has 1 fully saturated rings. The normalized spacial score (nSPS) is 13.7. The van der Waals surface area contributed by atoms with Crippen molar-refractivity contribution < 1.29 is 19.0 Å². The zero-order valence-electron chi connectivity index (χ0n) is 18.7. The fourth-order valence-corrected chi connectivity index (χ4v) is 3.88. The fourth-order valence-electron chi connectivity index (χ4n) is 3.88. The molecule has 0 unspecified atom stereocenters. The van der Waals surface area contributed by atoms with Gasteiger partial charge in [0, 0.05) is 31.1 Å². The van der Waals surface area contributed by atoms with Crippen molar-refractivity contribution in [1.29, 1.82) is 0 Å². The summed E-state index contributed by atoms with van der Waals surface area (Å²) >= 11 is 0. The number of hydrogen-bond donors (Lipinski definition) is 1. The average Bonchev–Trinajstić information content (AvgIpc) is 2.86. The second kappa shape index (κ2) is 9.72. The molecular formula is C24H28N4O4. The molecule has 0 radical (unpaired) electrons. The minimum absolute atomic E-state index is 0.349. The summed E-state index contributed by atoms with van der Waals surface area (Å²) in [5.74, 6) is 2.35. The van der Waals surface area contributed by atoms with Crippen molar-refractivity contribution >= 4 is 28.6 Å². The fraction of sp³-hybridized carbons (Fsp3) is 0.375. The maximum atomic E-state index is 11.7. The van der Waals surface area contributed by atoms with Crippen LogP contribution in [0, 0.1) is 0 Å². The van der Waals surface area contributed by atoms with E-state index in [1.807, 2.05) is 24.3 Å². The maximum Gasteiger partial charge on any atom is 0.337 e. The summed E-state index contributed by atoms with van der Waals surface area (Å²) in [5.41, 5.74) is 2.33. The van der Waals surface area contributed by atoms with Gasteiger partial charge in [-0.05, 0) is 43.0 Å². The van der Waals surface area contributed by atoms with Gasteiger partial charge in [0.2, 0.25) is 5.95 Å². The Balaban J connectivity index is 1.67. The second-order valence-electron chi connectivity index (χ2n) is 7.69. The van der Waals surface area contributed by atoms with Crippen molar-refractivity contribution in [2.45, 2.75) is 25.8 Å². The number of nitrogens with one attached hydrogen (secondary N) is 1. The molecule has 0 saturated carbocycles. The maximum absolute atomic E-state index is 11.7. The van der Waals surface area contributed by atoms with Crippen LogP contribution in [0.5, 0.6) is 11.5 Å². The highest BCUT2D eigenvalue weighted by Gasteiger charge is 2.18. The van der Waals surface area contributed by atoms with Crippen LogP contribution < -0.4 is 19.7 Å². The van der Waals surface area contributed by atoms with E-state index in [1.54, 1.807) is 26.4 Å². The molecule has 32 heavy (non-hydrogen) atoms. The Labute approximate surface area is 187 Å². The molecule has 1 aliphatic rings. The van der Waals surface area contributed by atoms with Gasteiger partial charge in [-0.3, -0.25) is 0 Å². The van der Waals surface area contributed by atoms with Crippen molar-refractivity contribution in [3.05, 3.63) is 47.5 Å². The summed E-state index contributed by atoms with van der Waals surface area (Å²) in [7, 11) is 4.61. The smallest absolute Gasteiger partial charge is 0.337 e. The zero-order chi connectivity index (χ0) is 22.5. The third-order valence-electron chi connectivity index (χ3n) is 5.66. The van der Waals surface area contributed by atoms with Crippen LogP contribution in [-0.4, -0.2) is 50.4 Å². The Morgan fingerprint density at radius 2 is 1.66 bits per heavy atom. The summed E-state index contributed by atoms with van der Waals surface area (Å²) in [6, 6.07) is 11.1. The number of nitrogens with zero attached hydrogens (tertiary/aromatic N) is 3. The number of aromatic nitrogens is 2. The molecular weight excluding hydrogens is 408 g/mol. The molecule has 0 amide bonds. The van der Waals surface area contributed by atoms with Crippen LogP contribution in [-0.2, 0) is 11.3 Å². The number of benzene rings is 2. The number of carbonyl (C=O) groups excluding carboxylic acids is 1. The molecule has 3 aromatic rings. The highest BCUT2D eigenvalue weighted by molar-refractivity contribution is 5.93. The van der Waals surface area contributed by atoms with Gasteiger partial charge in [0.25, 0.3) is 0 Å². The van der Waals surface area contributed by atoms with E-state index in [4.69, 9.17) is 24.2 Å². The molecule has 2 aromatic carbocycles. The van der Waals surface area contributed by atoms with Crippen LogP contribution in [0.4, 0.5) is 11.8 Å². The molecule has 8 nitrogen and oxygen atoms in total. The van der Waals surface area contributed by atoms with Crippen LogP contribution in [0.15, 0.2) is 36.4 Å². The van der Waals surface area contributed by atoms with Crippen LogP contribution in [0.25, 0.3) is 10.9 Å². The number of piperidine rings is 1. The van der Waals surface area contributed by atoms with E-state index >= 15 is 0 Å². The van der Waals surface area contributed by atoms with Crippen LogP contribution in [0.1, 0.15) is 35.2 Å². The van der Waals surface area contributed by atoms with E-state index in [9.17, 15) is 4.79 Å². The molecule has 168 valence electrons. The van der Waals surface area contributed by atoms with Crippen molar-refractivity contribution in [2.24, 2.45) is 0 Å². The lowest BCUT2D eigenvalue weighted by molar-refractivity contribution is 0.0600. The van der Waals surface area contributed by atoms with Crippen LogP contribution in [0.3, 0.4) is 0 Å². The number of anilines is 2. The van der Waals surface area contributed by atoms with Gasteiger partial charge in [-0.15, -0.1) is 0 Å². The Morgan fingerprint density at radius 3 is 2.31 bits per heavy atom. The van der Waals surface area contributed by atoms with Gasteiger partial charge in [0.05, 0.1) is 32.4 Å². The van der Waals surface area contributed by atoms with Gasteiger partial charge >= 0.3 is 5.97 Å². The molecule has 1 saturated heterocycles. The summed E-state index contributed by atoms with van der Waals surface area (Å²) < 4.78 is 15.7. The van der Waals surface area contributed by atoms with Gasteiger partial charge in [-0.2, -0.15) is 4.98 Å². The number of fused-ring (bicyclic) bond motifs is 1. The first-order valence-corrected chi connectivity index (χ1v) is 10.7. The zero-order valence-corrected chi connectivity index (χ0v) is 18.7. The lowest BCUT2D eigenvalue weighted by atomic mass is 10.1. The van der Waals surface area contributed by atoms with Crippen molar-refractivity contribution in [1.82, 2.24) is 9.97 Å². The molecule has 1 aromatic heterocycles. The monoisotopic (exact) mass is 436 g/mol. The van der Waals surface area contributed by atoms with Crippen molar-refractivity contribution in [2.75, 3.05) is 44.6 Å². The lowest BCUT2D eigenvalue weighted by Gasteiger charge is -2.27. The topological polar surface area (TPSA) is 85.8 Å². The summed E-state index contributed by atoms with van der Waals surface area (Å²) in [4.78, 5) is 23.6. The second-order valence-corrected chi connectivity index (χ2v) is 7.69. The van der Waals surface area contributed by atoms with Gasteiger partial charge in [0.15, 0.2) is 11.5 Å². The van der Waals surface area contributed by atoms with E-state index in [0.29, 0.717) is 29.6 Å². The first kappa shape index (κ1) is 21.7. The summed E-state index contributed by atoms with van der Waals surface area (Å²) in [6.45, 7) is 2.45. The standard InChI is InChI=1S/C24H28N4O4/c1-30-20-13-18-19(14-21(20)31-2)26-24(28-11-5-4-6-12-28)27-22(18)25-15-16-7-9-17(10-8-16)23(29)32-3/h7-10,13-14H,4-6,11-12,15H2,1-3H3,(H,25,26,27). The number of esters is 1. The van der Waals surface area contributed by atoms with Gasteiger partial charge < -0.3 is 24.4 Å². The Morgan fingerprint density at radius 1 is 0.969 bits per heavy atom. The average molecular weight is 437 g/mol. The number of ether oxygens (including phenoxy) is 3. The van der Waals surface area contributed by atoms with Crippen LogP contribution in [0.2, 0.25) is 0 Å². The molecule has 8 heteroatoms. The number of methoxy groups -OCH3 is 3. The predicted molar refractivity (Wildman–Crippen MR) is 124 cm³/mol. The summed E-state index contributed by atoms with van der Waals surface area (Å²) in [5, 5.41) is 4.30. The lowest BCUT2D eigenvalue weighted by Crippen LogP contribution is -2.31. The van der Waals surface area contributed by atoms with E-state index in [-0.39, 0.29) is 5.97 Å². The van der Waals surface area contributed by atoms with Gasteiger partial charge in [0.1, 0.15) is 5.82 Å². The third kappa shape index (κ3) is 4.54. The number of hydrogen-bond acceptors (Lipinski definition) is 8. The molecule has 0 aliphatic carbocycles. The molecule has 0 bridgehead atoms. The first-order chi connectivity index (χ1) is 15.6. The predicted octanol–water partition coefficient (Wildman–Crippen LogP) is 4.04. The van der Waals surface area contributed by atoms with E-state index in [0.717, 1.165) is 48.2 Å². The van der Waals surface area contributed by atoms with E-state index in [1.165, 1.54) is 13.5 Å². The number of carbonyl (C=O) groups is 1.